The summed E-state index contributed by atoms with van der Waals surface area (Å²) in [5.74, 6) is 0.997. The number of hydrogen-bond acceptors (Lipinski definition) is 2. The van der Waals surface area contributed by atoms with Gasteiger partial charge in [0, 0.05) is 6.04 Å². The zero-order valence-corrected chi connectivity index (χ0v) is 9.42. The topological polar surface area (TPSA) is 55.1 Å². The van der Waals surface area contributed by atoms with Gasteiger partial charge in [-0.2, -0.15) is 0 Å². The first kappa shape index (κ1) is 11.5. The lowest BCUT2D eigenvalue weighted by Gasteiger charge is -2.17. The molecule has 1 saturated carbocycles. The summed E-state index contributed by atoms with van der Waals surface area (Å²) in [7, 11) is 0. The number of nitrogens with one attached hydrogen (secondary N) is 1. The molecule has 14 heavy (non-hydrogen) atoms. The quantitative estimate of drug-likeness (QED) is 0.699. The minimum atomic E-state index is -0.335. The van der Waals surface area contributed by atoms with Crippen molar-refractivity contribution in [2.45, 2.75) is 52.1 Å². The van der Waals surface area contributed by atoms with Gasteiger partial charge >= 0.3 is 0 Å². The Morgan fingerprint density at radius 3 is 2.64 bits per heavy atom. The Bertz CT molecular complexity index is 205. The Hall–Kier alpha value is -0.570. The highest BCUT2D eigenvalue weighted by Crippen LogP contribution is 2.33. The van der Waals surface area contributed by atoms with Gasteiger partial charge in [-0.3, -0.25) is 4.79 Å². The average molecular weight is 198 g/mol. The summed E-state index contributed by atoms with van der Waals surface area (Å²) in [5, 5.41) is 3.01. The van der Waals surface area contributed by atoms with Gasteiger partial charge in [0.15, 0.2) is 0 Å². The zero-order chi connectivity index (χ0) is 10.7. The Kier molecular flexibility index (Phi) is 3.93. The van der Waals surface area contributed by atoms with Gasteiger partial charge in [-0.05, 0) is 18.3 Å². The fraction of sp³-hybridized carbons (Fsp3) is 0.909. The molecule has 3 N–H and O–H groups in total. The highest BCUT2D eigenvalue weighted by Gasteiger charge is 2.37. The summed E-state index contributed by atoms with van der Waals surface area (Å²) in [6.07, 6.45) is 3.25. The van der Waals surface area contributed by atoms with Crippen molar-refractivity contribution in [1.82, 2.24) is 5.32 Å². The van der Waals surface area contributed by atoms with E-state index in [1.54, 1.807) is 0 Å². The van der Waals surface area contributed by atoms with Crippen molar-refractivity contribution in [3.63, 3.8) is 0 Å². The van der Waals surface area contributed by atoms with Gasteiger partial charge in [0.25, 0.3) is 0 Å². The molecule has 1 aliphatic carbocycles. The Labute approximate surface area is 86.4 Å². The van der Waals surface area contributed by atoms with Crippen LogP contribution >= 0.6 is 0 Å². The van der Waals surface area contributed by atoms with E-state index in [2.05, 4.69) is 19.2 Å². The standard InChI is InChI=1S/C11H22N2O/c1-4-7(3)10(12)11(14)13-9-6-8(9)5-2/h7-10H,4-6,12H2,1-3H3,(H,13,14). The third-order valence-electron chi connectivity index (χ3n) is 3.33. The van der Waals surface area contributed by atoms with Gasteiger partial charge < -0.3 is 11.1 Å². The van der Waals surface area contributed by atoms with Crippen LogP contribution in [0.15, 0.2) is 0 Å². The fourth-order valence-electron chi connectivity index (χ4n) is 1.67. The molecule has 3 nitrogen and oxygen atoms in total. The van der Waals surface area contributed by atoms with Crippen LogP contribution in [0.25, 0.3) is 0 Å². The van der Waals surface area contributed by atoms with Crippen LogP contribution in [0.2, 0.25) is 0 Å². The molecule has 1 rings (SSSR count). The van der Waals surface area contributed by atoms with E-state index in [9.17, 15) is 4.79 Å². The van der Waals surface area contributed by atoms with Crippen LogP contribution in [0.1, 0.15) is 40.0 Å². The lowest BCUT2D eigenvalue weighted by molar-refractivity contribution is -0.123. The van der Waals surface area contributed by atoms with E-state index in [4.69, 9.17) is 5.73 Å². The Balaban J connectivity index is 2.28. The minimum absolute atomic E-state index is 0.0281. The van der Waals surface area contributed by atoms with Crippen LogP contribution in [-0.4, -0.2) is 18.0 Å². The monoisotopic (exact) mass is 198 g/mol. The highest BCUT2D eigenvalue weighted by molar-refractivity contribution is 5.82. The maximum atomic E-state index is 11.6. The molecule has 0 aromatic heterocycles. The molecule has 0 spiro atoms. The second kappa shape index (κ2) is 4.78. The summed E-state index contributed by atoms with van der Waals surface area (Å²) in [5.41, 5.74) is 5.82. The number of hydrogen-bond donors (Lipinski definition) is 2. The van der Waals surface area contributed by atoms with E-state index in [1.807, 2.05) is 6.92 Å². The van der Waals surface area contributed by atoms with Gasteiger partial charge in [-0.25, -0.2) is 0 Å². The average Bonchev–Trinajstić information content (AvgIpc) is 2.93. The van der Waals surface area contributed by atoms with Crippen molar-refractivity contribution in [3.05, 3.63) is 0 Å². The number of rotatable bonds is 5. The third-order valence-corrected chi connectivity index (χ3v) is 3.33. The largest absolute Gasteiger partial charge is 0.352 e. The normalized spacial score (nSPS) is 29.4. The summed E-state index contributed by atoms with van der Waals surface area (Å²) in [6.45, 7) is 6.24. The van der Waals surface area contributed by atoms with Gasteiger partial charge in [0.1, 0.15) is 0 Å². The molecular weight excluding hydrogens is 176 g/mol. The van der Waals surface area contributed by atoms with E-state index in [0.717, 1.165) is 19.3 Å². The Morgan fingerprint density at radius 2 is 2.21 bits per heavy atom. The molecule has 0 aromatic carbocycles. The zero-order valence-electron chi connectivity index (χ0n) is 9.42. The van der Waals surface area contributed by atoms with Crippen LogP contribution in [-0.2, 0) is 4.79 Å². The number of amides is 1. The minimum Gasteiger partial charge on any atom is -0.352 e. The van der Waals surface area contributed by atoms with Gasteiger partial charge in [-0.15, -0.1) is 0 Å². The van der Waals surface area contributed by atoms with E-state index < -0.39 is 0 Å². The lowest BCUT2D eigenvalue weighted by Crippen LogP contribution is -2.45. The third kappa shape index (κ3) is 2.71. The van der Waals surface area contributed by atoms with E-state index in [0.29, 0.717) is 12.0 Å². The van der Waals surface area contributed by atoms with Crippen molar-refractivity contribution >= 4 is 5.91 Å². The first-order chi connectivity index (χ1) is 6.60. The molecule has 0 aromatic rings. The van der Waals surface area contributed by atoms with Gasteiger partial charge in [-0.1, -0.05) is 33.6 Å². The maximum Gasteiger partial charge on any atom is 0.237 e. The van der Waals surface area contributed by atoms with Crippen molar-refractivity contribution in [2.75, 3.05) is 0 Å². The predicted molar refractivity (Wildman–Crippen MR) is 57.8 cm³/mol. The molecule has 3 heteroatoms. The molecule has 82 valence electrons. The summed E-state index contributed by atoms with van der Waals surface area (Å²) in [6, 6.07) is 0.0701. The number of carbonyl (C=O) groups is 1. The second-order valence-electron chi connectivity index (χ2n) is 4.43. The molecule has 0 heterocycles. The summed E-state index contributed by atoms with van der Waals surface area (Å²) in [4.78, 5) is 11.6. The fourth-order valence-corrected chi connectivity index (χ4v) is 1.67. The van der Waals surface area contributed by atoms with Crippen molar-refractivity contribution in [1.29, 1.82) is 0 Å². The molecule has 1 aliphatic rings. The van der Waals surface area contributed by atoms with Crippen LogP contribution in [0, 0.1) is 11.8 Å². The molecule has 0 aliphatic heterocycles. The molecule has 0 bridgehead atoms. The summed E-state index contributed by atoms with van der Waals surface area (Å²) >= 11 is 0. The van der Waals surface area contributed by atoms with Crippen LogP contribution in [0.3, 0.4) is 0 Å². The highest BCUT2D eigenvalue weighted by atomic mass is 16.2. The summed E-state index contributed by atoms with van der Waals surface area (Å²) < 4.78 is 0. The van der Waals surface area contributed by atoms with Crippen molar-refractivity contribution < 1.29 is 4.79 Å². The SMILES string of the molecule is CCC(C)C(N)C(=O)NC1CC1CC. The predicted octanol–water partition coefficient (Wildman–Crippen LogP) is 1.27. The van der Waals surface area contributed by atoms with Gasteiger partial charge in [0.2, 0.25) is 5.91 Å². The van der Waals surface area contributed by atoms with Crippen LogP contribution in [0.5, 0.6) is 0 Å². The molecular formula is C11H22N2O. The first-order valence-corrected chi connectivity index (χ1v) is 5.66. The molecule has 1 fully saturated rings. The van der Waals surface area contributed by atoms with Crippen molar-refractivity contribution in [3.8, 4) is 0 Å². The second-order valence-corrected chi connectivity index (χ2v) is 4.43. The van der Waals surface area contributed by atoms with Crippen LogP contribution in [0.4, 0.5) is 0 Å². The lowest BCUT2D eigenvalue weighted by atomic mass is 9.99. The smallest absolute Gasteiger partial charge is 0.237 e. The molecule has 0 radical (unpaired) electrons. The van der Waals surface area contributed by atoms with E-state index >= 15 is 0 Å². The Morgan fingerprint density at radius 1 is 1.57 bits per heavy atom. The van der Waals surface area contributed by atoms with E-state index in [1.165, 1.54) is 0 Å². The van der Waals surface area contributed by atoms with Gasteiger partial charge in [0.05, 0.1) is 6.04 Å². The van der Waals surface area contributed by atoms with Crippen molar-refractivity contribution in [2.24, 2.45) is 17.6 Å². The molecule has 4 unspecified atom stereocenters. The molecule has 0 saturated heterocycles. The van der Waals surface area contributed by atoms with Crippen LogP contribution < -0.4 is 11.1 Å². The molecule has 1 amide bonds. The van der Waals surface area contributed by atoms with E-state index in [-0.39, 0.29) is 17.9 Å². The molecule has 4 atom stereocenters. The number of nitrogens with two attached hydrogens (primary N) is 1. The maximum absolute atomic E-state index is 11.6. The number of carbonyl (C=O) groups excluding carboxylic acids is 1. The first-order valence-electron chi connectivity index (χ1n) is 5.66.